The first kappa shape index (κ1) is 11.8. The molecule has 0 aromatic carbocycles. The lowest BCUT2D eigenvalue weighted by Crippen LogP contribution is -2.42. The third-order valence-electron chi connectivity index (χ3n) is 1.55. The van der Waals surface area contributed by atoms with Gasteiger partial charge in [0.2, 0.25) is 5.91 Å². The lowest BCUT2D eigenvalue weighted by atomic mass is 10.1. The predicted octanol–water partition coefficient (Wildman–Crippen LogP) is 0.406. The highest BCUT2D eigenvalue weighted by Gasteiger charge is 2.09. The van der Waals surface area contributed by atoms with Gasteiger partial charge in [0.1, 0.15) is 0 Å². The second kappa shape index (κ2) is 6.31. The Hall–Kier alpha value is -0.220. The van der Waals surface area contributed by atoms with Gasteiger partial charge in [-0.05, 0) is 12.3 Å². The molecule has 72 valence electrons. The van der Waals surface area contributed by atoms with E-state index in [2.05, 4.69) is 31.8 Å². The number of rotatable bonds is 5. The number of hydrogen-bond donors (Lipinski definition) is 3. The summed E-state index contributed by atoms with van der Waals surface area (Å²) in [6, 6.07) is -0.472. The van der Waals surface area contributed by atoms with Crippen molar-refractivity contribution in [2.45, 2.75) is 26.3 Å². The fraction of sp³-hybridized carbons (Fsp3) is 0.875. The van der Waals surface area contributed by atoms with E-state index in [1.807, 2.05) is 0 Å². The molecule has 12 heavy (non-hydrogen) atoms. The Morgan fingerprint density at radius 3 is 2.58 bits per heavy atom. The van der Waals surface area contributed by atoms with Crippen LogP contribution in [0.1, 0.15) is 20.3 Å². The number of nitrogens with two attached hydrogens (primary N) is 1. The summed E-state index contributed by atoms with van der Waals surface area (Å²) < 4.78 is 0. The fourth-order valence-corrected chi connectivity index (χ4v) is 0.864. The van der Waals surface area contributed by atoms with E-state index in [1.54, 1.807) is 0 Å². The first-order valence-corrected chi connectivity index (χ1v) is 4.85. The SMILES string of the molecule is CC(C)CCNC(=O)[C@@H](N)CS. The highest BCUT2D eigenvalue weighted by atomic mass is 32.1. The molecular formula is C8H18N2OS. The van der Waals surface area contributed by atoms with Crippen molar-refractivity contribution in [1.29, 1.82) is 0 Å². The zero-order valence-corrected chi connectivity index (χ0v) is 8.60. The third kappa shape index (κ3) is 5.43. The van der Waals surface area contributed by atoms with Crippen LogP contribution in [-0.2, 0) is 4.79 Å². The van der Waals surface area contributed by atoms with Gasteiger partial charge in [-0.15, -0.1) is 0 Å². The monoisotopic (exact) mass is 190 g/mol. The average molecular weight is 190 g/mol. The highest BCUT2D eigenvalue weighted by Crippen LogP contribution is 1.96. The summed E-state index contributed by atoms with van der Waals surface area (Å²) in [6.07, 6.45) is 0.991. The quantitative estimate of drug-likeness (QED) is 0.550. The number of carbonyl (C=O) groups excluding carboxylic acids is 1. The van der Waals surface area contributed by atoms with E-state index >= 15 is 0 Å². The maximum Gasteiger partial charge on any atom is 0.237 e. The molecule has 0 saturated heterocycles. The number of amides is 1. The van der Waals surface area contributed by atoms with Gasteiger partial charge in [0.25, 0.3) is 0 Å². The molecule has 0 rings (SSSR count). The van der Waals surface area contributed by atoms with Gasteiger partial charge in [0.05, 0.1) is 6.04 Å². The van der Waals surface area contributed by atoms with Crippen LogP contribution >= 0.6 is 12.6 Å². The van der Waals surface area contributed by atoms with Crippen LogP contribution in [-0.4, -0.2) is 24.2 Å². The molecule has 0 radical (unpaired) electrons. The van der Waals surface area contributed by atoms with Crippen molar-refractivity contribution in [2.24, 2.45) is 11.7 Å². The zero-order chi connectivity index (χ0) is 9.56. The van der Waals surface area contributed by atoms with Gasteiger partial charge in [-0.1, -0.05) is 13.8 Å². The number of hydrogen-bond acceptors (Lipinski definition) is 3. The van der Waals surface area contributed by atoms with Crippen LogP contribution in [0.25, 0.3) is 0 Å². The Kier molecular flexibility index (Phi) is 6.20. The second-order valence-electron chi connectivity index (χ2n) is 3.26. The molecule has 0 aliphatic heterocycles. The maximum atomic E-state index is 11.1. The third-order valence-corrected chi connectivity index (χ3v) is 1.95. The highest BCUT2D eigenvalue weighted by molar-refractivity contribution is 7.80. The molecule has 0 bridgehead atoms. The summed E-state index contributed by atoms with van der Waals surface area (Å²) in [5.74, 6) is 0.899. The molecular weight excluding hydrogens is 172 g/mol. The van der Waals surface area contributed by atoms with Crippen molar-refractivity contribution < 1.29 is 4.79 Å². The van der Waals surface area contributed by atoms with E-state index in [1.165, 1.54) is 0 Å². The molecule has 0 aliphatic carbocycles. The normalized spacial score (nSPS) is 13.1. The molecule has 0 spiro atoms. The molecule has 3 N–H and O–H groups in total. The Balaban J connectivity index is 3.44. The van der Waals surface area contributed by atoms with E-state index in [9.17, 15) is 4.79 Å². The first-order valence-electron chi connectivity index (χ1n) is 4.22. The molecule has 4 heteroatoms. The summed E-state index contributed by atoms with van der Waals surface area (Å²) >= 11 is 3.93. The van der Waals surface area contributed by atoms with Gasteiger partial charge in [-0.3, -0.25) is 4.79 Å². The van der Waals surface area contributed by atoms with Crippen molar-refractivity contribution in [3.05, 3.63) is 0 Å². The maximum absolute atomic E-state index is 11.1. The molecule has 0 aromatic heterocycles. The smallest absolute Gasteiger partial charge is 0.237 e. The minimum absolute atomic E-state index is 0.106. The summed E-state index contributed by atoms with van der Waals surface area (Å²) in [4.78, 5) is 11.1. The van der Waals surface area contributed by atoms with Crippen LogP contribution in [0.15, 0.2) is 0 Å². The van der Waals surface area contributed by atoms with Gasteiger partial charge in [0.15, 0.2) is 0 Å². The lowest BCUT2D eigenvalue weighted by Gasteiger charge is -2.10. The van der Waals surface area contributed by atoms with Crippen LogP contribution < -0.4 is 11.1 Å². The average Bonchev–Trinajstić information content (AvgIpc) is 2.02. The molecule has 0 saturated carbocycles. The zero-order valence-electron chi connectivity index (χ0n) is 7.71. The number of thiol groups is 1. The van der Waals surface area contributed by atoms with Crippen molar-refractivity contribution >= 4 is 18.5 Å². The van der Waals surface area contributed by atoms with E-state index in [4.69, 9.17) is 5.73 Å². The van der Waals surface area contributed by atoms with E-state index in [-0.39, 0.29) is 5.91 Å². The molecule has 0 aliphatic rings. The molecule has 0 fully saturated rings. The molecule has 0 aromatic rings. The summed E-state index contributed by atoms with van der Waals surface area (Å²) in [7, 11) is 0. The minimum Gasteiger partial charge on any atom is -0.355 e. The molecule has 0 unspecified atom stereocenters. The number of carbonyl (C=O) groups is 1. The number of nitrogens with one attached hydrogen (secondary N) is 1. The van der Waals surface area contributed by atoms with E-state index < -0.39 is 6.04 Å². The summed E-state index contributed by atoms with van der Waals surface area (Å²) in [5, 5.41) is 2.75. The molecule has 3 nitrogen and oxygen atoms in total. The molecule has 1 amide bonds. The summed E-state index contributed by atoms with van der Waals surface area (Å²) in [5.41, 5.74) is 5.44. The van der Waals surface area contributed by atoms with Gasteiger partial charge >= 0.3 is 0 Å². The van der Waals surface area contributed by atoms with E-state index in [0.29, 0.717) is 18.2 Å². The van der Waals surface area contributed by atoms with Crippen LogP contribution in [0.3, 0.4) is 0 Å². The van der Waals surface area contributed by atoms with Crippen molar-refractivity contribution in [1.82, 2.24) is 5.32 Å². The summed E-state index contributed by atoms with van der Waals surface area (Å²) in [6.45, 7) is 4.94. The Morgan fingerprint density at radius 1 is 1.58 bits per heavy atom. The Morgan fingerprint density at radius 2 is 2.17 bits per heavy atom. The minimum atomic E-state index is -0.472. The van der Waals surface area contributed by atoms with Crippen LogP contribution in [0, 0.1) is 5.92 Å². The van der Waals surface area contributed by atoms with Crippen molar-refractivity contribution in [2.75, 3.05) is 12.3 Å². The molecule has 1 atom stereocenters. The lowest BCUT2D eigenvalue weighted by molar-refractivity contribution is -0.121. The largest absolute Gasteiger partial charge is 0.355 e. The van der Waals surface area contributed by atoms with Crippen molar-refractivity contribution in [3.63, 3.8) is 0 Å². The predicted molar refractivity (Wildman–Crippen MR) is 54.3 cm³/mol. The topological polar surface area (TPSA) is 55.1 Å². The van der Waals surface area contributed by atoms with Gasteiger partial charge in [-0.25, -0.2) is 0 Å². The fourth-order valence-electron chi connectivity index (χ4n) is 0.698. The van der Waals surface area contributed by atoms with Crippen LogP contribution in [0.5, 0.6) is 0 Å². The second-order valence-corrected chi connectivity index (χ2v) is 3.63. The van der Waals surface area contributed by atoms with Gasteiger partial charge in [-0.2, -0.15) is 12.6 Å². The standard InChI is InChI=1S/C8H18N2OS/c1-6(2)3-4-10-8(11)7(9)5-12/h6-7,12H,3-5,9H2,1-2H3,(H,10,11)/t7-/m0/s1. The van der Waals surface area contributed by atoms with Crippen LogP contribution in [0.4, 0.5) is 0 Å². The van der Waals surface area contributed by atoms with Crippen LogP contribution in [0.2, 0.25) is 0 Å². The van der Waals surface area contributed by atoms with Gasteiger partial charge < -0.3 is 11.1 Å². The first-order chi connectivity index (χ1) is 5.57. The van der Waals surface area contributed by atoms with Crippen molar-refractivity contribution in [3.8, 4) is 0 Å². The molecule has 0 heterocycles. The van der Waals surface area contributed by atoms with Gasteiger partial charge in [0, 0.05) is 12.3 Å². The van der Waals surface area contributed by atoms with E-state index in [0.717, 1.165) is 6.42 Å². The Labute approximate surface area is 79.5 Å². The Bertz CT molecular complexity index is 139.